The van der Waals surface area contributed by atoms with Gasteiger partial charge in [-0.15, -0.1) is 6.58 Å². The van der Waals surface area contributed by atoms with Gasteiger partial charge in [0, 0.05) is 0 Å². The average molecular weight is 134 g/mol. The summed E-state index contributed by atoms with van der Waals surface area (Å²) in [5, 5.41) is 7.76. The average Bonchev–Trinajstić information content (AvgIpc) is 1.65. The zero-order chi connectivity index (χ0) is 6.99. The molecule has 0 rings (SSSR count). The smallest absolute Gasteiger partial charge is 0.160 e. The first-order valence-corrected chi connectivity index (χ1v) is 2.32. The minimum Gasteiger partial charge on any atom is -0.392 e. The monoisotopic (exact) mass is 134 g/mol. The van der Waals surface area contributed by atoms with Gasteiger partial charge < -0.3 is 16.6 Å². The Morgan fingerprint density at radius 2 is 1.88 bits per heavy atom. The fraction of sp³-hybridized carbons (Fsp3) is 0.250. The fourth-order valence-corrected chi connectivity index (χ4v) is 0. The van der Waals surface area contributed by atoms with E-state index < -0.39 is 0 Å². The number of thiocarbonyl (C=S) groups is 1. The molecule has 0 bridgehead atoms. The third kappa shape index (κ3) is 683. The second-order valence-electron chi connectivity index (χ2n) is 0.874. The minimum absolute atomic E-state index is 0.000000000000000222. The van der Waals surface area contributed by atoms with E-state index in [1.165, 1.54) is 6.08 Å². The van der Waals surface area contributed by atoms with E-state index in [9.17, 15) is 0 Å². The molecular weight excluding hydrogens is 124 g/mol. The maximum atomic E-state index is 7.76. The van der Waals surface area contributed by atoms with Crippen LogP contribution in [0, 0.1) is 0 Å². The van der Waals surface area contributed by atoms with E-state index >= 15 is 0 Å². The summed E-state index contributed by atoms with van der Waals surface area (Å²) in [6.45, 7) is 3.31. The maximum Gasteiger partial charge on any atom is 0.160 e. The largest absolute Gasteiger partial charge is 0.392 e. The van der Waals surface area contributed by atoms with Gasteiger partial charge in [0.1, 0.15) is 0 Å². The zero-order valence-electron chi connectivity index (χ0n) is 4.50. The van der Waals surface area contributed by atoms with Crippen LogP contribution in [0.15, 0.2) is 12.7 Å². The molecular formula is C4H10N2OS. The van der Waals surface area contributed by atoms with Crippen molar-refractivity contribution in [1.29, 1.82) is 0 Å². The van der Waals surface area contributed by atoms with Crippen LogP contribution >= 0.6 is 12.2 Å². The quantitative estimate of drug-likeness (QED) is 0.329. The van der Waals surface area contributed by atoms with Gasteiger partial charge in [-0.05, 0) is 12.2 Å². The highest BCUT2D eigenvalue weighted by atomic mass is 32.1. The van der Waals surface area contributed by atoms with E-state index in [1.54, 1.807) is 0 Å². The molecule has 5 N–H and O–H groups in total. The Morgan fingerprint density at radius 1 is 1.75 bits per heavy atom. The molecule has 0 aliphatic heterocycles. The number of aliphatic hydroxyl groups excluding tert-OH is 1. The van der Waals surface area contributed by atoms with E-state index in [1.807, 2.05) is 0 Å². The fourth-order valence-electron chi connectivity index (χ4n) is 0. The molecule has 0 radical (unpaired) electrons. The van der Waals surface area contributed by atoms with Crippen LogP contribution in [0.3, 0.4) is 0 Å². The van der Waals surface area contributed by atoms with Gasteiger partial charge in [-0.25, -0.2) is 0 Å². The molecule has 0 aliphatic carbocycles. The van der Waals surface area contributed by atoms with E-state index in [2.05, 4.69) is 30.3 Å². The molecule has 0 spiro atoms. The number of hydrogen-bond donors (Lipinski definition) is 3. The Labute approximate surface area is 54.0 Å². The Balaban J connectivity index is 0. The van der Waals surface area contributed by atoms with Crippen LogP contribution in [0.25, 0.3) is 0 Å². The lowest BCUT2D eigenvalue weighted by Crippen LogP contribution is -2.18. The second kappa shape index (κ2) is 9.63. The van der Waals surface area contributed by atoms with Gasteiger partial charge in [-0.2, -0.15) is 0 Å². The first-order valence-electron chi connectivity index (χ1n) is 1.91. The molecule has 4 heteroatoms. The summed E-state index contributed by atoms with van der Waals surface area (Å²) in [4.78, 5) is 0. The Kier molecular flexibility index (Phi) is 12.5. The van der Waals surface area contributed by atoms with Crippen LogP contribution < -0.4 is 11.5 Å². The molecule has 0 saturated heterocycles. The number of hydrogen-bond acceptors (Lipinski definition) is 2. The lowest BCUT2D eigenvalue weighted by atomic mass is 10.7. The third-order valence-corrected chi connectivity index (χ3v) is 0.129. The van der Waals surface area contributed by atoms with Gasteiger partial charge in [0.15, 0.2) is 5.11 Å². The van der Waals surface area contributed by atoms with Crippen LogP contribution in [-0.4, -0.2) is 16.8 Å². The van der Waals surface area contributed by atoms with E-state index in [4.69, 9.17) is 5.11 Å². The highest BCUT2D eigenvalue weighted by Gasteiger charge is 1.53. The van der Waals surface area contributed by atoms with Crippen LogP contribution in [0.1, 0.15) is 0 Å². The lowest BCUT2D eigenvalue weighted by molar-refractivity contribution is 0.343. The van der Waals surface area contributed by atoms with Crippen molar-refractivity contribution in [2.45, 2.75) is 0 Å². The SMILES string of the molecule is C=CCO.NC(N)=S. The van der Waals surface area contributed by atoms with Crippen molar-refractivity contribution in [1.82, 2.24) is 0 Å². The van der Waals surface area contributed by atoms with Crippen molar-refractivity contribution < 1.29 is 5.11 Å². The summed E-state index contributed by atoms with van der Waals surface area (Å²) >= 11 is 4.09. The van der Waals surface area contributed by atoms with Crippen molar-refractivity contribution in [2.75, 3.05) is 6.61 Å². The Bertz CT molecular complexity index is 70.4. The third-order valence-electron chi connectivity index (χ3n) is 0.129. The summed E-state index contributed by atoms with van der Waals surface area (Å²) < 4.78 is 0. The van der Waals surface area contributed by atoms with Gasteiger partial charge in [-0.3, -0.25) is 0 Å². The predicted molar refractivity (Wildman–Crippen MR) is 38.3 cm³/mol. The van der Waals surface area contributed by atoms with E-state index in [-0.39, 0.29) is 11.7 Å². The lowest BCUT2D eigenvalue weighted by Gasteiger charge is -1.68. The normalized spacial score (nSPS) is 6.12. The molecule has 0 aromatic heterocycles. The van der Waals surface area contributed by atoms with Crippen LogP contribution in [0.5, 0.6) is 0 Å². The summed E-state index contributed by atoms with van der Waals surface area (Å²) in [5.41, 5.74) is 9.24. The molecule has 8 heavy (non-hydrogen) atoms. The maximum absolute atomic E-state index is 7.76. The highest BCUT2D eigenvalue weighted by Crippen LogP contribution is 1.46. The van der Waals surface area contributed by atoms with Gasteiger partial charge in [0.05, 0.1) is 6.61 Å². The molecule has 0 atom stereocenters. The van der Waals surface area contributed by atoms with Gasteiger partial charge in [0.25, 0.3) is 0 Å². The van der Waals surface area contributed by atoms with E-state index in [0.29, 0.717) is 0 Å². The molecule has 0 aliphatic rings. The minimum atomic E-state index is 0.000000000000000222. The Morgan fingerprint density at radius 3 is 1.88 bits per heavy atom. The molecule has 0 aromatic rings. The summed E-state index contributed by atoms with van der Waals surface area (Å²) in [6, 6.07) is 0. The van der Waals surface area contributed by atoms with Crippen molar-refractivity contribution in [2.24, 2.45) is 11.5 Å². The molecule has 0 aromatic carbocycles. The highest BCUT2D eigenvalue weighted by molar-refractivity contribution is 7.80. The molecule has 0 fully saturated rings. The van der Waals surface area contributed by atoms with Crippen molar-refractivity contribution in [3.8, 4) is 0 Å². The molecule has 0 heterocycles. The molecule has 0 saturated carbocycles. The first kappa shape index (κ1) is 10.4. The first-order chi connectivity index (χ1) is 3.65. The summed E-state index contributed by atoms with van der Waals surface area (Å²) in [6.07, 6.45) is 1.43. The molecule has 3 nitrogen and oxygen atoms in total. The number of aliphatic hydroxyl groups is 1. The van der Waals surface area contributed by atoms with Crippen molar-refractivity contribution >= 4 is 17.3 Å². The van der Waals surface area contributed by atoms with Crippen molar-refractivity contribution in [3.63, 3.8) is 0 Å². The summed E-state index contributed by atoms with van der Waals surface area (Å²) in [5.74, 6) is 0. The Hall–Kier alpha value is -0.610. The van der Waals surface area contributed by atoms with Crippen LogP contribution in [-0.2, 0) is 0 Å². The zero-order valence-corrected chi connectivity index (χ0v) is 5.32. The molecule has 0 amide bonds. The number of nitrogens with two attached hydrogens (primary N) is 2. The molecule has 0 unspecified atom stereocenters. The predicted octanol–water partition coefficient (Wildman–Crippen LogP) is -0.647. The topological polar surface area (TPSA) is 72.3 Å². The van der Waals surface area contributed by atoms with Crippen LogP contribution in [0.2, 0.25) is 0 Å². The van der Waals surface area contributed by atoms with Gasteiger partial charge in [0.2, 0.25) is 0 Å². The van der Waals surface area contributed by atoms with E-state index in [0.717, 1.165) is 0 Å². The van der Waals surface area contributed by atoms with Crippen molar-refractivity contribution in [3.05, 3.63) is 12.7 Å². The van der Waals surface area contributed by atoms with Gasteiger partial charge in [-0.1, -0.05) is 6.08 Å². The summed E-state index contributed by atoms with van der Waals surface area (Å²) in [7, 11) is 0. The standard InChI is InChI=1S/C3H6O.CH4N2S/c1-2-3-4;2-1(3)4/h2,4H,1,3H2;(H4,2,3,4). The number of rotatable bonds is 1. The molecule has 48 valence electrons. The second-order valence-corrected chi connectivity index (χ2v) is 1.35. The van der Waals surface area contributed by atoms with Crippen LogP contribution in [0.4, 0.5) is 0 Å². The van der Waals surface area contributed by atoms with Gasteiger partial charge >= 0.3 is 0 Å².